The van der Waals surface area contributed by atoms with E-state index in [1.807, 2.05) is 0 Å². The fraction of sp³-hybridized carbons (Fsp3) is 0.700. The van der Waals surface area contributed by atoms with Gasteiger partial charge in [-0.25, -0.2) is 4.79 Å². The van der Waals surface area contributed by atoms with Gasteiger partial charge >= 0.3 is 12.2 Å². The van der Waals surface area contributed by atoms with Gasteiger partial charge < -0.3 is 10.4 Å². The van der Waals surface area contributed by atoms with Crippen LogP contribution in [0.4, 0.5) is 23.1 Å². The number of amides is 2. The summed E-state index contributed by atoms with van der Waals surface area (Å²) in [6.07, 6.45) is -3.69. The predicted molar refractivity (Wildman–Crippen MR) is 67.5 cm³/mol. The number of anilines is 1. The molecule has 0 bridgehead atoms. The Morgan fingerprint density at radius 2 is 1.90 bits per heavy atom. The molecule has 0 spiro atoms. The Hall–Kier alpha value is -1.42. The first kappa shape index (κ1) is 16.6. The fourth-order valence-electron chi connectivity index (χ4n) is 1.27. The van der Waals surface area contributed by atoms with Gasteiger partial charge in [-0.3, -0.25) is 5.32 Å². The molecule has 0 saturated carbocycles. The highest BCUT2D eigenvalue weighted by molar-refractivity contribution is 7.15. The van der Waals surface area contributed by atoms with Crippen LogP contribution in [0.1, 0.15) is 31.7 Å². The van der Waals surface area contributed by atoms with Gasteiger partial charge in [0.1, 0.15) is 0 Å². The molecule has 0 unspecified atom stereocenters. The van der Waals surface area contributed by atoms with Gasteiger partial charge in [0.25, 0.3) is 0 Å². The predicted octanol–water partition coefficient (Wildman–Crippen LogP) is 2.23. The van der Waals surface area contributed by atoms with Crippen molar-refractivity contribution in [3.05, 3.63) is 5.01 Å². The lowest BCUT2D eigenvalue weighted by Crippen LogP contribution is -2.43. The molecule has 0 aromatic carbocycles. The van der Waals surface area contributed by atoms with Crippen molar-refractivity contribution in [1.82, 2.24) is 15.5 Å². The number of hydrogen-bond donors (Lipinski definition) is 3. The molecule has 0 aliphatic rings. The molecule has 0 aliphatic heterocycles. The second-order valence-electron chi connectivity index (χ2n) is 4.15. The van der Waals surface area contributed by atoms with Crippen LogP contribution >= 0.6 is 11.3 Å². The van der Waals surface area contributed by atoms with E-state index in [4.69, 9.17) is 0 Å². The minimum atomic E-state index is -4.58. The average Bonchev–Trinajstić information content (AvgIpc) is 2.84. The van der Waals surface area contributed by atoms with Crippen molar-refractivity contribution >= 4 is 22.5 Å². The number of aromatic nitrogens is 2. The van der Waals surface area contributed by atoms with Crippen LogP contribution in [0.25, 0.3) is 0 Å². The van der Waals surface area contributed by atoms with Crippen molar-refractivity contribution < 1.29 is 23.1 Å². The van der Waals surface area contributed by atoms with E-state index in [-0.39, 0.29) is 23.0 Å². The summed E-state index contributed by atoms with van der Waals surface area (Å²) >= 11 is 0.231. The third kappa shape index (κ3) is 4.60. The van der Waals surface area contributed by atoms with Crippen molar-refractivity contribution in [1.29, 1.82) is 0 Å². The third-order valence-corrected chi connectivity index (χ3v) is 3.67. The van der Waals surface area contributed by atoms with Crippen LogP contribution in [0.15, 0.2) is 0 Å². The smallest absolute Gasteiger partial charge is 0.388 e. The van der Waals surface area contributed by atoms with Crippen LogP contribution in [-0.4, -0.2) is 33.5 Å². The summed E-state index contributed by atoms with van der Waals surface area (Å²) < 4.78 is 36.8. The highest BCUT2D eigenvalue weighted by Crippen LogP contribution is 2.32. The Balaban J connectivity index is 2.53. The zero-order chi connectivity index (χ0) is 15.4. The molecule has 114 valence electrons. The molecular weight excluding hydrogens is 297 g/mol. The maximum atomic E-state index is 12.3. The number of nitrogens with one attached hydrogen (secondary N) is 2. The van der Waals surface area contributed by atoms with Gasteiger partial charge in [0, 0.05) is 6.54 Å². The van der Waals surface area contributed by atoms with Crippen molar-refractivity contribution in [2.24, 2.45) is 0 Å². The third-order valence-electron chi connectivity index (χ3n) is 2.78. The van der Waals surface area contributed by atoms with Crippen molar-refractivity contribution in [2.45, 2.75) is 38.5 Å². The number of halogens is 3. The SMILES string of the molecule is CCC(O)(CC)CNC(=O)Nc1nnc(C(F)(F)F)s1. The fourth-order valence-corrected chi connectivity index (χ4v) is 1.88. The Morgan fingerprint density at radius 3 is 2.35 bits per heavy atom. The number of carbonyl (C=O) groups is 1. The Labute approximate surface area is 117 Å². The van der Waals surface area contributed by atoms with Crippen molar-refractivity contribution in [2.75, 3.05) is 11.9 Å². The van der Waals surface area contributed by atoms with Gasteiger partial charge in [-0.2, -0.15) is 13.2 Å². The van der Waals surface area contributed by atoms with Crippen molar-refractivity contribution in [3.63, 3.8) is 0 Å². The molecule has 20 heavy (non-hydrogen) atoms. The first-order valence-electron chi connectivity index (χ1n) is 5.88. The molecular formula is C10H15F3N4O2S. The summed E-state index contributed by atoms with van der Waals surface area (Å²) in [7, 11) is 0. The van der Waals surface area contributed by atoms with E-state index in [0.29, 0.717) is 12.8 Å². The number of urea groups is 1. The molecule has 1 heterocycles. The maximum Gasteiger partial charge on any atom is 0.445 e. The molecule has 1 aromatic rings. The molecule has 10 heteroatoms. The van der Waals surface area contributed by atoms with Crippen LogP contribution < -0.4 is 10.6 Å². The molecule has 3 N–H and O–H groups in total. The number of rotatable bonds is 5. The molecule has 0 atom stereocenters. The molecule has 6 nitrogen and oxygen atoms in total. The van der Waals surface area contributed by atoms with Gasteiger partial charge in [0.05, 0.1) is 5.60 Å². The van der Waals surface area contributed by atoms with E-state index in [0.717, 1.165) is 0 Å². The van der Waals surface area contributed by atoms with Gasteiger partial charge in [-0.15, -0.1) is 10.2 Å². The lowest BCUT2D eigenvalue weighted by atomic mass is 9.98. The largest absolute Gasteiger partial charge is 0.445 e. The molecule has 2 amide bonds. The van der Waals surface area contributed by atoms with E-state index in [9.17, 15) is 23.1 Å². The summed E-state index contributed by atoms with van der Waals surface area (Å²) in [5.74, 6) is 0. The minimum absolute atomic E-state index is 0.00321. The zero-order valence-electron chi connectivity index (χ0n) is 10.9. The average molecular weight is 312 g/mol. The summed E-state index contributed by atoms with van der Waals surface area (Å²) in [4.78, 5) is 11.5. The monoisotopic (exact) mass is 312 g/mol. The van der Waals surface area contributed by atoms with E-state index in [1.165, 1.54) is 0 Å². The molecule has 1 aromatic heterocycles. The molecule has 0 saturated heterocycles. The van der Waals surface area contributed by atoms with Crippen LogP contribution in [0, 0.1) is 0 Å². The summed E-state index contributed by atoms with van der Waals surface area (Å²) in [5.41, 5.74) is -1.03. The van der Waals surface area contributed by atoms with E-state index in [2.05, 4.69) is 20.8 Å². The number of hydrogen-bond acceptors (Lipinski definition) is 5. The second-order valence-corrected chi connectivity index (χ2v) is 5.13. The maximum absolute atomic E-state index is 12.3. The number of carbonyl (C=O) groups excluding carboxylic acids is 1. The topological polar surface area (TPSA) is 87.1 Å². The lowest BCUT2D eigenvalue weighted by Gasteiger charge is -2.25. The molecule has 1 rings (SSSR count). The number of aliphatic hydroxyl groups is 1. The van der Waals surface area contributed by atoms with E-state index >= 15 is 0 Å². The quantitative estimate of drug-likeness (QED) is 0.778. The van der Waals surface area contributed by atoms with Gasteiger partial charge in [-0.05, 0) is 12.8 Å². The van der Waals surface area contributed by atoms with E-state index < -0.39 is 22.8 Å². The normalized spacial score (nSPS) is 12.3. The van der Waals surface area contributed by atoms with Crippen LogP contribution in [0.3, 0.4) is 0 Å². The van der Waals surface area contributed by atoms with Crippen LogP contribution in [0.2, 0.25) is 0 Å². The standard InChI is InChI=1S/C10H15F3N4O2S/c1-3-9(19,4-2)5-14-7(18)15-8-17-16-6(20-8)10(11,12)13/h19H,3-5H2,1-2H3,(H2,14,15,17,18). The van der Waals surface area contributed by atoms with Gasteiger partial charge in [0.15, 0.2) is 0 Å². The highest BCUT2D eigenvalue weighted by atomic mass is 32.1. The van der Waals surface area contributed by atoms with Crippen LogP contribution in [0.5, 0.6) is 0 Å². The lowest BCUT2D eigenvalue weighted by molar-refractivity contribution is -0.138. The van der Waals surface area contributed by atoms with E-state index in [1.54, 1.807) is 13.8 Å². The summed E-state index contributed by atoms with van der Waals surface area (Å²) in [5, 5.41) is 19.2. The number of alkyl halides is 3. The second kappa shape index (κ2) is 6.35. The zero-order valence-corrected chi connectivity index (χ0v) is 11.7. The first-order valence-corrected chi connectivity index (χ1v) is 6.70. The van der Waals surface area contributed by atoms with Gasteiger partial charge in [-0.1, -0.05) is 25.2 Å². The molecule has 0 radical (unpaired) electrons. The Bertz CT molecular complexity index is 460. The Morgan fingerprint density at radius 1 is 1.30 bits per heavy atom. The Kier molecular flexibility index (Phi) is 5.28. The molecule has 0 fully saturated rings. The minimum Gasteiger partial charge on any atom is -0.388 e. The summed E-state index contributed by atoms with van der Waals surface area (Å²) in [6, 6.07) is -0.741. The van der Waals surface area contributed by atoms with Crippen LogP contribution in [-0.2, 0) is 6.18 Å². The number of nitrogens with zero attached hydrogens (tertiary/aromatic N) is 2. The highest BCUT2D eigenvalue weighted by Gasteiger charge is 2.35. The van der Waals surface area contributed by atoms with Gasteiger partial charge in [0.2, 0.25) is 10.1 Å². The molecule has 0 aliphatic carbocycles. The van der Waals surface area contributed by atoms with Crippen molar-refractivity contribution in [3.8, 4) is 0 Å². The summed E-state index contributed by atoms with van der Waals surface area (Å²) in [6.45, 7) is 3.53. The first-order chi connectivity index (χ1) is 9.20.